The van der Waals surface area contributed by atoms with Crippen molar-refractivity contribution in [2.45, 2.75) is 39.3 Å². The molecule has 1 heterocycles. The van der Waals surface area contributed by atoms with Crippen LogP contribution in [0, 0.1) is 6.92 Å². The van der Waals surface area contributed by atoms with Crippen molar-refractivity contribution in [1.29, 1.82) is 0 Å². The molecule has 1 amide bonds. The molecule has 5 heteroatoms. The number of amides is 1. The SMILES string of the molecule is CCOc1ccc(CN2C(=O)C(O)(CC(C)=O)c3cc(C)ccc32)cc1. The minimum atomic E-state index is -1.79. The standard InChI is InChI=1S/C21H23NO4/c1-4-26-17-8-6-16(7-9-17)13-22-19-10-5-14(2)11-18(19)21(25,20(22)24)12-15(3)23/h5-11,25H,4,12-13H2,1-3H3. The molecular formula is C21H23NO4. The Labute approximate surface area is 153 Å². The molecule has 1 aliphatic rings. The predicted octanol–water partition coefficient (Wildman–Crippen LogP) is 3.11. The summed E-state index contributed by atoms with van der Waals surface area (Å²) < 4.78 is 5.44. The van der Waals surface area contributed by atoms with Gasteiger partial charge >= 0.3 is 0 Å². The van der Waals surface area contributed by atoms with Crippen molar-refractivity contribution >= 4 is 17.4 Å². The Morgan fingerprint density at radius 3 is 2.50 bits per heavy atom. The topological polar surface area (TPSA) is 66.8 Å². The molecule has 2 aromatic rings. The molecule has 1 N–H and O–H groups in total. The van der Waals surface area contributed by atoms with Crippen molar-refractivity contribution in [1.82, 2.24) is 0 Å². The maximum atomic E-state index is 13.0. The van der Waals surface area contributed by atoms with Crippen molar-refractivity contribution in [3.8, 4) is 5.75 Å². The third-order valence-electron chi connectivity index (χ3n) is 4.57. The summed E-state index contributed by atoms with van der Waals surface area (Å²) in [6.07, 6.45) is -0.220. The number of benzene rings is 2. The first-order chi connectivity index (χ1) is 12.3. The molecule has 0 saturated heterocycles. The van der Waals surface area contributed by atoms with E-state index in [1.54, 1.807) is 11.0 Å². The molecule has 26 heavy (non-hydrogen) atoms. The fourth-order valence-corrected chi connectivity index (χ4v) is 3.39. The van der Waals surface area contributed by atoms with E-state index in [9.17, 15) is 14.7 Å². The average Bonchev–Trinajstić information content (AvgIpc) is 2.78. The maximum Gasteiger partial charge on any atom is 0.264 e. The van der Waals surface area contributed by atoms with E-state index >= 15 is 0 Å². The van der Waals surface area contributed by atoms with Gasteiger partial charge in [-0.15, -0.1) is 0 Å². The lowest BCUT2D eigenvalue weighted by Crippen LogP contribution is -2.41. The lowest BCUT2D eigenvalue weighted by molar-refractivity contribution is -0.141. The summed E-state index contributed by atoms with van der Waals surface area (Å²) in [5, 5.41) is 11.0. The third-order valence-corrected chi connectivity index (χ3v) is 4.57. The van der Waals surface area contributed by atoms with Crippen molar-refractivity contribution in [3.63, 3.8) is 0 Å². The number of hydrogen-bond donors (Lipinski definition) is 1. The van der Waals surface area contributed by atoms with Crippen molar-refractivity contribution < 1.29 is 19.4 Å². The number of nitrogens with zero attached hydrogens (tertiary/aromatic N) is 1. The van der Waals surface area contributed by atoms with Gasteiger partial charge in [-0.25, -0.2) is 0 Å². The molecule has 1 unspecified atom stereocenters. The van der Waals surface area contributed by atoms with Gasteiger partial charge in [-0.3, -0.25) is 9.59 Å². The number of aryl methyl sites for hydroxylation is 1. The molecule has 0 aromatic heterocycles. The Morgan fingerprint density at radius 2 is 1.88 bits per heavy atom. The molecule has 3 rings (SSSR count). The highest BCUT2D eigenvalue weighted by Gasteiger charge is 2.50. The van der Waals surface area contributed by atoms with Crippen molar-refractivity contribution in [2.24, 2.45) is 0 Å². The van der Waals surface area contributed by atoms with Gasteiger partial charge in [-0.2, -0.15) is 0 Å². The molecule has 1 atom stereocenters. The summed E-state index contributed by atoms with van der Waals surface area (Å²) in [5.41, 5.74) is 1.21. The molecule has 5 nitrogen and oxygen atoms in total. The monoisotopic (exact) mass is 353 g/mol. The summed E-state index contributed by atoms with van der Waals surface area (Å²) >= 11 is 0. The number of rotatable bonds is 6. The summed E-state index contributed by atoms with van der Waals surface area (Å²) in [6, 6.07) is 13.0. The fraction of sp³-hybridized carbons (Fsp3) is 0.333. The van der Waals surface area contributed by atoms with E-state index in [1.807, 2.05) is 50.2 Å². The van der Waals surface area contributed by atoms with E-state index < -0.39 is 11.5 Å². The smallest absolute Gasteiger partial charge is 0.264 e. The van der Waals surface area contributed by atoms with E-state index in [1.165, 1.54) is 6.92 Å². The van der Waals surface area contributed by atoms with E-state index in [4.69, 9.17) is 4.74 Å². The van der Waals surface area contributed by atoms with E-state index in [-0.39, 0.29) is 12.2 Å². The Morgan fingerprint density at radius 1 is 1.19 bits per heavy atom. The number of ketones is 1. The first-order valence-electron chi connectivity index (χ1n) is 8.72. The number of Topliss-reactive ketones (excluding diaryl/α,β-unsaturated/α-hetero) is 1. The summed E-state index contributed by atoms with van der Waals surface area (Å²) in [5.74, 6) is 0.0894. The van der Waals surface area contributed by atoms with Gasteiger partial charge < -0.3 is 14.7 Å². The van der Waals surface area contributed by atoms with Crippen molar-refractivity contribution in [2.75, 3.05) is 11.5 Å². The van der Waals surface area contributed by atoms with Crippen LogP contribution in [-0.4, -0.2) is 23.4 Å². The number of fused-ring (bicyclic) bond motifs is 1. The highest BCUT2D eigenvalue weighted by molar-refractivity contribution is 6.08. The van der Waals surface area contributed by atoms with Crippen LogP contribution in [0.5, 0.6) is 5.75 Å². The zero-order chi connectivity index (χ0) is 18.9. The van der Waals surface area contributed by atoms with Crippen LogP contribution in [0.25, 0.3) is 0 Å². The largest absolute Gasteiger partial charge is 0.494 e. The number of carbonyl (C=O) groups excluding carboxylic acids is 2. The number of ether oxygens (including phenoxy) is 1. The van der Waals surface area contributed by atoms with Crippen LogP contribution in [0.3, 0.4) is 0 Å². The van der Waals surface area contributed by atoms with E-state index in [2.05, 4.69) is 0 Å². The quantitative estimate of drug-likeness (QED) is 0.866. The van der Waals surface area contributed by atoms with E-state index in [0.717, 1.165) is 16.9 Å². The van der Waals surface area contributed by atoms with Gasteiger partial charge in [0.25, 0.3) is 5.91 Å². The summed E-state index contributed by atoms with van der Waals surface area (Å²) in [4.78, 5) is 26.2. The lowest BCUT2D eigenvalue weighted by atomic mass is 9.89. The van der Waals surface area contributed by atoms with Crippen LogP contribution >= 0.6 is 0 Å². The second-order valence-corrected chi connectivity index (χ2v) is 6.73. The highest BCUT2D eigenvalue weighted by Crippen LogP contribution is 2.43. The van der Waals surface area contributed by atoms with Gasteiger partial charge in [0.2, 0.25) is 0 Å². The number of carbonyl (C=O) groups is 2. The lowest BCUT2D eigenvalue weighted by Gasteiger charge is -2.22. The zero-order valence-electron chi connectivity index (χ0n) is 15.3. The van der Waals surface area contributed by atoms with Crippen molar-refractivity contribution in [3.05, 3.63) is 59.2 Å². The van der Waals surface area contributed by atoms with Gasteiger partial charge in [0.1, 0.15) is 11.5 Å². The maximum absolute atomic E-state index is 13.0. The van der Waals surface area contributed by atoms with Crippen LogP contribution in [0.2, 0.25) is 0 Å². The number of aliphatic hydroxyl groups is 1. The summed E-state index contributed by atoms with van der Waals surface area (Å²) in [7, 11) is 0. The molecule has 2 aromatic carbocycles. The zero-order valence-corrected chi connectivity index (χ0v) is 15.3. The molecule has 0 aliphatic carbocycles. The van der Waals surface area contributed by atoms with Crippen LogP contribution in [-0.2, 0) is 21.7 Å². The Bertz CT molecular complexity index is 844. The molecule has 0 saturated carbocycles. The molecule has 1 aliphatic heterocycles. The Kier molecular flexibility index (Phi) is 4.83. The van der Waals surface area contributed by atoms with Gasteiger partial charge in [-0.05, 0) is 44.5 Å². The normalized spacial score (nSPS) is 18.8. The van der Waals surface area contributed by atoms with Gasteiger partial charge in [-0.1, -0.05) is 29.8 Å². The van der Waals surface area contributed by atoms with Crippen LogP contribution in [0.4, 0.5) is 5.69 Å². The van der Waals surface area contributed by atoms with Gasteiger partial charge in [0, 0.05) is 12.0 Å². The van der Waals surface area contributed by atoms with E-state index in [0.29, 0.717) is 24.4 Å². The van der Waals surface area contributed by atoms with Crippen LogP contribution in [0.1, 0.15) is 37.0 Å². The Hall–Kier alpha value is -2.66. The molecule has 136 valence electrons. The first-order valence-corrected chi connectivity index (χ1v) is 8.72. The summed E-state index contributed by atoms with van der Waals surface area (Å²) in [6.45, 7) is 6.12. The molecular weight excluding hydrogens is 330 g/mol. The van der Waals surface area contributed by atoms with Gasteiger partial charge in [0.15, 0.2) is 5.60 Å². The second kappa shape index (κ2) is 6.92. The molecule has 0 radical (unpaired) electrons. The number of anilines is 1. The first kappa shape index (κ1) is 18.1. The fourth-order valence-electron chi connectivity index (χ4n) is 3.39. The second-order valence-electron chi connectivity index (χ2n) is 6.73. The molecule has 0 bridgehead atoms. The Balaban J connectivity index is 1.95. The minimum absolute atomic E-state index is 0.220. The highest BCUT2D eigenvalue weighted by atomic mass is 16.5. The van der Waals surface area contributed by atoms with Crippen LogP contribution < -0.4 is 9.64 Å². The predicted molar refractivity (Wildman–Crippen MR) is 99.2 cm³/mol. The van der Waals surface area contributed by atoms with Crippen LogP contribution in [0.15, 0.2) is 42.5 Å². The molecule has 0 spiro atoms. The minimum Gasteiger partial charge on any atom is -0.494 e. The molecule has 0 fully saturated rings. The number of hydrogen-bond acceptors (Lipinski definition) is 4. The van der Waals surface area contributed by atoms with Gasteiger partial charge in [0.05, 0.1) is 18.8 Å². The average molecular weight is 353 g/mol. The third kappa shape index (κ3) is 3.22.